The Morgan fingerprint density at radius 2 is 1.70 bits per heavy atom. The van der Waals surface area contributed by atoms with Gasteiger partial charge in [0.25, 0.3) is 0 Å². The zero-order valence-corrected chi connectivity index (χ0v) is 16.7. The van der Waals surface area contributed by atoms with E-state index in [0.717, 1.165) is 22.1 Å². The summed E-state index contributed by atoms with van der Waals surface area (Å²) >= 11 is 1.45. The molecule has 3 aromatic rings. The summed E-state index contributed by atoms with van der Waals surface area (Å²) in [6.45, 7) is 5.23. The van der Waals surface area contributed by atoms with E-state index in [-0.39, 0.29) is 11.2 Å². The smallest absolute Gasteiger partial charge is 0.236 e. The Morgan fingerprint density at radius 3 is 2.33 bits per heavy atom. The number of rotatable bonds is 7. The molecule has 3 rings (SSSR count). The fourth-order valence-corrected chi connectivity index (χ4v) is 3.77. The molecule has 2 aromatic carbocycles. The minimum Gasteiger partial charge on any atom is -0.338 e. The Bertz CT molecular complexity index is 880. The lowest BCUT2D eigenvalue weighted by atomic mass is 10.2. The average Bonchev–Trinajstić information content (AvgIpc) is 3.07. The van der Waals surface area contributed by atoms with E-state index < -0.39 is 0 Å². The first-order chi connectivity index (χ1) is 13.1. The highest BCUT2D eigenvalue weighted by molar-refractivity contribution is 8.00. The van der Waals surface area contributed by atoms with E-state index in [1.165, 1.54) is 11.8 Å². The Morgan fingerprint density at radius 1 is 1.07 bits per heavy atom. The number of thioether (sulfide) groups is 1. The van der Waals surface area contributed by atoms with E-state index >= 15 is 0 Å². The Labute approximate surface area is 164 Å². The van der Waals surface area contributed by atoms with Crippen LogP contribution in [-0.4, -0.2) is 37.4 Å². The molecule has 1 atom stereocenters. The van der Waals surface area contributed by atoms with Crippen molar-refractivity contribution in [3.05, 3.63) is 66.2 Å². The summed E-state index contributed by atoms with van der Waals surface area (Å²) in [6.07, 6.45) is 0. The molecule has 1 heterocycles. The van der Waals surface area contributed by atoms with Crippen LogP contribution in [0.1, 0.15) is 19.4 Å². The van der Waals surface area contributed by atoms with Gasteiger partial charge in [-0.1, -0.05) is 72.4 Å². The molecule has 6 heteroatoms. The first-order valence-corrected chi connectivity index (χ1v) is 9.92. The lowest BCUT2D eigenvalue weighted by Crippen LogP contribution is -2.36. The van der Waals surface area contributed by atoms with Gasteiger partial charge in [-0.3, -0.25) is 4.79 Å². The summed E-state index contributed by atoms with van der Waals surface area (Å²) in [7, 11) is 1.93. The van der Waals surface area contributed by atoms with Crippen LogP contribution in [0.3, 0.4) is 0 Å². The van der Waals surface area contributed by atoms with Gasteiger partial charge in [0.05, 0.1) is 5.25 Å². The van der Waals surface area contributed by atoms with Gasteiger partial charge < -0.3 is 9.47 Å². The summed E-state index contributed by atoms with van der Waals surface area (Å²) in [5.41, 5.74) is 2.15. The topological polar surface area (TPSA) is 51.0 Å². The van der Waals surface area contributed by atoms with Gasteiger partial charge in [0, 0.05) is 25.7 Å². The molecule has 0 N–H and O–H groups in total. The normalized spacial score (nSPS) is 12.0. The number of benzene rings is 2. The molecule has 0 spiro atoms. The third-order valence-electron chi connectivity index (χ3n) is 4.41. The maximum atomic E-state index is 12.9. The van der Waals surface area contributed by atoms with Crippen LogP contribution in [0.15, 0.2) is 65.8 Å². The number of nitrogens with zero attached hydrogens (tertiary/aromatic N) is 4. The first-order valence-electron chi connectivity index (χ1n) is 9.04. The van der Waals surface area contributed by atoms with Crippen molar-refractivity contribution >= 4 is 17.7 Å². The van der Waals surface area contributed by atoms with Crippen LogP contribution in [0.4, 0.5) is 0 Å². The molecule has 0 aliphatic rings. The summed E-state index contributed by atoms with van der Waals surface area (Å²) in [6, 6.07) is 20.0. The van der Waals surface area contributed by atoms with E-state index in [1.807, 2.05) is 91.0 Å². The van der Waals surface area contributed by atoms with Gasteiger partial charge in [-0.2, -0.15) is 0 Å². The monoisotopic (exact) mass is 380 g/mol. The van der Waals surface area contributed by atoms with Crippen LogP contribution in [-0.2, 0) is 18.4 Å². The fourth-order valence-electron chi connectivity index (χ4n) is 2.87. The van der Waals surface area contributed by atoms with Gasteiger partial charge in [-0.15, -0.1) is 10.2 Å². The third kappa shape index (κ3) is 4.57. The standard InChI is InChI=1S/C21H24N4OS/c1-4-25(15-17-11-7-5-8-12-17)20(26)16(2)27-21-23-22-19(24(21)3)18-13-9-6-10-14-18/h5-14,16H,4,15H2,1-3H3. The Balaban J connectivity index is 1.70. The zero-order chi connectivity index (χ0) is 19.2. The molecule has 0 fully saturated rings. The van der Waals surface area contributed by atoms with Crippen molar-refractivity contribution in [3.63, 3.8) is 0 Å². The van der Waals surface area contributed by atoms with Gasteiger partial charge in [-0.25, -0.2) is 0 Å². The molecule has 0 bridgehead atoms. The minimum absolute atomic E-state index is 0.107. The second-order valence-electron chi connectivity index (χ2n) is 6.33. The van der Waals surface area contributed by atoms with Crippen molar-refractivity contribution < 1.29 is 4.79 Å². The molecule has 1 amide bonds. The molecule has 5 nitrogen and oxygen atoms in total. The number of hydrogen-bond donors (Lipinski definition) is 0. The molecular formula is C21H24N4OS. The van der Waals surface area contributed by atoms with Crippen LogP contribution < -0.4 is 0 Å². The van der Waals surface area contributed by atoms with Crippen molar-refractivity contribution in [2.45, 2.75) is 30.8 Å². The minimum atomic E-state index is -0.236. The lowest BCUT2D eigenvalue weighted by molar-refractivity contribution is -0.130. The van der Waals surface area contributed by atoms with E-state index in [0.29, 0.717) is 13.1 Å². The van der Waals surface area contributed by atoms with Crippen molar-refractivity contribution in [2.75, 3.05) is 6.54 Å². The molecule has 0 aliphatic carbocycles. The first kappa shape index (κ1) is 19.2. The highest BCUT2D eigenvalue weighted by Gasteiger charge is 2.23. The molecule has 0 saturated heterocycles. The van der Waals surface area contributed by atoms with Crippen LogP contribution >= 0.6 is 11.8 Å². The van der Waals surface area contributed by atoms with E-state index in [1.54, 1.807) is 0 Å². The summed E-state index contributed by atoms with van der Waals surface area (Å²) in [5.74, 6) is 0.907. The lowest BCUT2D eigenvalue weighted by Gasteiger charge is -2.24. The molecule has 0 saturated carbocycles. The fraction of sp³-hybridized carbons (Fsp3) is 0.286. The highest BCUT2D eigenvalue weighted by atomic mass is 32.2. The predicted molar refractivity (Wildman–Crippen MR) is 109 cm³/mol. The van der Waals surface area contributed by atoms with Crippen molar-refractivity contribution in [1.29, 1.82) is 0 Å². The predicted octanol–water partition coefficient (Wildman–Crippen LogP) is 4.01. The zero-order valence-electron chi connectivity index (χ0n) is 15.9. The van der Waals surface area contributed by atoms with Crippen LogP contribution in [0.5, 0.6) is 0 Å². The van der Waals surface area contributed by atoms with Crippen LogP contribution in [0.25, 0.3) is 11.4 Å². The van der Waals surface area contributed by atoms with Crippen LogP contribution in [0, 0.1) is 0 Å². The van der Waals surface area contributed by atoms with E-state index in [9.17, 15) is 4.79 Å². The average molecular weight is 381 g/mol. The van der Waals surface area contributed by atoms with Gasteiger partial charge in [0.2, 0.25) is 5.91 Å². The van der Waals surface area contributed by atoms with Crippen molar-refractivity contribution in [3.8, 4) is 11.4 Å². The second-order valence-corrected chi connectivity index (χ2v) is 7.64. The van der Waals surface area contributed by atoms with Crippen molar-refractivity contribution in [2.24, 2.45) is 7.05 Å². The van der Waals surface area contributed by atoms with Gasteiger partial charge in [0.15, 0.2) is 11.0 Å². The number of carbonyl (C=O) groups excluding carboxylic acids is 1. The van der Waals surface area contributed by atoms with E-state index in [4.69, 9.17) is 0 Å². The Kier molecular flexibility index (Phi) is 6.29. The number of hydrogen-bond acceptors (Lipinski definition) is 4. The number of amides is 1. The summed E-state index contributed by atoms with van der Waals surface area (Å²) in [4.78, 5) is 14.8. The number of carbonyl (C=O) groups is 1. The second kappa shape index (κ2) is 8.86. The highest BCUT2D eigenvalue weighted by Crippen LogP contribution is 2.26. The summed E-state index contributed by atoms with van der Waals surface area (Å²) in [5, 5.41) is 9.09. The quantitative estimate of drug-likeness (QED) is 0.581. The molecule has 27 heavy (non-hydrogen) atoms. The molecule has 1 unspecified atom stereocenters. The van der Waals surface area contributed by atoms with Crippen molar-refractivity contribution in [1.82, 2.24) is 19.7 Å². The third-order valence-corrected chi connectivity index (χ3v) is 5.53. The SMILES string of the molecule is CCN(Cc1ccccc1)C(=O)C(C)Sc1nnc(-c2ccccc2)n1C. The van der Waals surface area contributed by atoms with Gasteiger partial charge >= 0.3 is 0 Å². The molecule has 0 radical (unpaired) electrons. The Hall–Kier alpha value is -2.60. The summed E-state index contributed by atoms with van der Waals surface area (Å²) < 4.78 is 1.94. The maximum absolute atomic E-state index is 12.9. The van der Waals surface area contributed by atoms with Crippen LogP contribution in [0.2, 0.25) is 0 Å². The maximum Gasteiger partial charge on any atom is 0.236 e. The molecule has 1 aromatic heterocycles. The van der Waals surface area contributed by atoms with Gasteiger partial charge in [0.1, 0.15) is 0 Å². The largest absolute Gasteiger partial charge is 0.338 e. The number of aromatic nitrogens is 3. The molecule has 140 valence electrons. The molecular weight excluding hydrogens is 356 g/mol. The van der Waals surface area contributed by atoms with E-state index in [2.05, 4.69) is 10.2 Å². The van der Waals surface area contributed by atoms with Gasteiger partial charge in [-0.05, 0) is 19.4 Å². The molecule has 0 aliphatic heterocycles.